The summed E-state index contributed by atoms with van der Waals surface area (Å²) in [4.78, 5) is 6.59. The number of nitrogens with two attached hydrogens (primary N) is 1. The van der Waals surface area contributed by atoms with Gasteiger partial charge in [-0.1, -0.05) is 5.11 Å². The Hall–Kier alpha value is -1.16. The molecule has 0 aromatic carbocycles. The molecule has 0 aromatic rings. The lowest BCUT2D eigenvalue weighted by molar-refractivity contribution is 0.776. The molecule has 0 aromatic heterocycles. The van der Waals surface area contributed by atoms with Gasteiger partial charge < -0.3 is 5.73 Å². The maximum atomic E-state index is 8.42. The first-order valence-electron chi connectivity index (χ1n) is 2.42. The molecule has 52 valence electrons. The topological polar surface area (TPSA) is 91.2 Å². The van der Waals surface area contributed by atoms with E-state index < -0.39 is 5.12 Å². The first-order valence-corrected chi connectivity index (χ1v) is 3.64. The summed E-state index contributed by atoms with van der Waals surface area (Å²) in [7, 11) is 0. The highest BCUT2D eigenvalue weighted by molar-refractivity contribution is 8.00. The fraction of sp³-hybridized carbons (Fsp3) is 0.667. The van der Waals surface area contributed by atoms with E-state index in [2.05, 4.69) is 20.2 Å². The summed E-state index contributed by atoms with van der Waals surface area (Å²) < 4.78 is 0. The molecule has 0 saturated carbocycles. The van der Waals surface area contributed by atoms with Crippen LogP contribution in [0.5, 0.6) is 0 Å². The van der Waals surface area contributed by atoms with Crippen molar-refractivity contribution in [3.63, 3.8) is 0 Å². The van der Waals surface area contributed by atoms with Crippen molar-refractivity contribution in [1.29, 1.82) is 5.39 Å². The van der Waals surface area contributed by atoms with Crippen LogP contribution in [-0.4, -0.2) is 17.3 Å². The number of hydrogen-bond acceptors (Lipinski definition) is 6. The molecule has 10 heavy (non-hydrogen) atoms. The molecule has 0 radical (unpaired) electrons. The van der Waals surface area contributed by atoms with E-state index in [-0.39, 0.29) is 5.96 Å². The summed E-state index contributed by atoms with van der Waals surface area (Å²) in [5, 5.41) is 14.1. The predicted molar refractivity (Wildman–Crippen MR) is 37.8 cm³/mol. The van der Waals surface area contributed by atoms with E-state index >= 15 is 0 Å². The molecular weight excluding hydrogens is 152 g/mol. The minimum absolute atomic E-state index is 0.0344. The zero-order valence-corrected chi connectivity index (χ0v) is 6.04. The summed E-state index contributed by atoms with van der Waals surface area (Å²) >= 11 is 1.14. The van der Waals surface area contributed by atoms with Crippen molar-refractivity contribution < 1.29 is 0 Å². The van der Waals surface area contributed by atoms with Crippen LogP contribution in [0.1, 0.15) is 0 Å². The molecule has 1 atom stereocenters. The van der Waals surface area contributed by atoms with E-state index in [9.17, 15) is 0 Å². The number of rotatable bonds is 1. The molecule has 0 spiro atoms. The van der Waals surface area contributed by atoms with Crippen molar-refractivity contribution in [3.8, 4) is 0 Å². The molecule has 1 heterocycles. The van der Waals surface area contributed by atoms with Gasteiger partial charge in [0.15, 0.2) is 4.98 Å². The Morgan fingerprint density at radius 3 is 2.70 bits per heavy atom. The summed E-state index contributed by atoms with van der Waals surface area (Å²) in [6, 6.07) is 0. The van der Waals surface area contributed by atoms with Crippen LogP contribution < -0.4 is 5.73 Å². The highest BCUT2D eigenvalue weighted by atomic mass is 32.2. The van der Waals surface area contributed by atoms with E-state index in [1.807, 2.05) is 0 Å². The molecule has 7 heteroatoms. The lowest BCUT2D eigenvalue weighted by Gasteiger charge is -1.90. The molecule has 1 aliphatic rings. The number of guanidine groups is 1. The molecule has 1 aliphatic heterocycles. The lowest BCUT2D eigenvalue weighted by Crippen LogP contribution is -2.12. The molecular formula is C3H5N6S+. The molecule has 6 nitrogen and oxygen atoms in total. The Morgan fingerprint density at radius 1 is 1.80 bits per heavy atom. The van der Waals surface area contributed by atoms with Crippen LogP contribution in [0.15, 0.2) is 15.2 Å². The first kappa shape index (κ1) is 6.95. The molecule has 1 unspecified atom stereocenters. The summed E-state index contributed by atoms with van der Waals surface area (Å²) in [6.07, 6.45) is 1.70. The van der Waals surface area contributed by atoms with Gasteiger partial charge in [0.25, 0.3) is 0 Å². The van der Waals surface area contributed by atoms with Gasteiger partial charge in [-0.2, -0.15) is 0 Å². The van der Waals surface area contributed by atoms with Gasteiger partial charge in [0.1, 0.15) is 0 Å². The van der Waals surface area contributed by atoms with E-state index in [0.29, 0.717) is 0 Å². The first-order chi connectivity index (χ1) is 4.72. The Balaban J connectivity index is 2.93. The Kier molecular flexibility index (Phi) is 1.55. The Bertz CT molecular complexity index is 238. The third kappa shape index (κ3) is 0.930. The van der Waals surface area contributed by atoms with E-state index in [4.69, 9.17) is 11.1 Å². The van der Waals surface area contributed by atoms with Crippen molar-refractivity contribution in [1.82, 2.24) is 0 Å². The van der Waals surface area contributed by atoms with Gasteiger partial charge in [-0.05, 0) is 18.0 Å². The Labute approximate surface area is 61.2 Å². The second kappa shape index (κ2) is 2.22. The standard InChI is InChI=1S/C3H5N6S/c1-10-3(8-5)6-2(4)7-9-3/h1H3,(H2,4,6)/q+1. The predicted octanol–water partition coefficient (Wildman–Crippen LogP) is 0.594. The maximum Gasteiger partial charge on any atom is 0.582 e. The van der Waals surface area contributed by atoms with Crippen molar-refractivity contribution in [3.05, 3.63) is 4.98 Å². The number of azo groups is 1. The van der Waals surface area contributed by atoms with Crippen LogP contribution in [-0.2, 0) is 0 Å². The summed E-state index contributed by atoms with van der Waals surface area (Å²) in [5.41, 5.74) is 5.17. The van der Waals surface area contributed by atoms with Crippen molar-refractivity contribution in [2.24, 2.45) is 21.0 Å². The highest BCUT2D eigenvalue weighted by Crippen LogP contribution is 2.31. The zero-order chi connectivity index (χ0) is 7.61. The number of thioether (sulfide) groups is 1. The van der Waals surface area contributed by atoms with E-state index in [1.165, 1.54) is 0 Å². The highest BCUT2D eigenvalue weighted by Gasteiger charge is 2.47. The van der Waals surface area contributed by atoms with Crippen molar-refractivity contribution >= 4 is 17.7 Å². The van der Waals surface area contributed by atoms with Gasteiger partial charge in [-0.3, -0.25) is 0 Å². The molecule has 0 fully saturated rings. The molecule has 0 aliphatic carbocycles. The van der Waals surface area contributed by atoms with Crippen LogP contribution in [0.25, 0.3) is 4.98 Å². The average molecular weight is 157 g/mol. The van der Waals surface area contributed by atoms with Crippen LogP contribution in [0.4, 0.5) is 0 Å². The van der Waals surface area contributed by atoms with Gasteiger partial charge in [-0.15, -0.1) is 10.1 Å². The molecule has 1 rings (SSSR count). The van der Waals surface area contributed by atoms with E-state index in [0.717, 1.165) is 11.8 Å². The van der Waals surface area contributed by atoms with E-state index in [1.54, 1.807) is 6.26 Å². The molecule has 2 N–H and O–H groups in total. The normalized spacial score (nSPS) is 29.8. The third-order valence-electron chi connectivity index (χ3n) is 0.947. The van der Waals surface area contributed by atoms with Crippen molar-refractivity contribution in [2.45, 2.75) is 5.12 Å². The average Bonchev–Trinajstić information content (AvgIpc) is 2.33. The van der Waals surface area contributed by atoms with Gasteiger partial charge in [0, 0.05) is 0 Å². The maximum absolute atomic E-state index is 8.42. The van der Waals surface area contributed by atoms with Crippen LogP contribution in [0.2, 0.25) is 0 Å². The third-order valence-corrected chi connectivity index (χ3v) is 1.75. The van der Waals surface area contributed by atoms with Gasteiger partial charge >= 0.3 is 5.12 Å². The number of nitrogens with zero attached hydrogens (tertiary/aromatic N) is 5. The number of hydrogen-bond donors (Lipinski definition) is 1. The Morgan fingerprint density at radius 2 is 2.50 bits per heavy atom. The fourth-order valence-electron chi connectivity index (χ4n) is 0.480. The molecule has 0 amide bonds. The SMILES string of the molecule is CSC1([N+]#N)N=NC(N)=N1. The van der Waals surface area contributed by atoms with Gasteiger partial charge in [0.2, 0.25) is 11.4 Å². The van der Waals surface area contributed by atoms with Crippen molar-refractivity contribution in [2.75, 3.05) is 6.26 Å². The van der Waals surface area contributed by atoms with Crippen LogP contribution >= 0.6 is 11.8 Å². The quantitative estimate of drug-likeness (QED) is 0.565. The summed E-state index contributed by atoms with van der Waals surface area (Å²) in [6.45, 7) is 0. The number of aliphatic imine (C=N–C) groups is 1. The minimum Gasteiger partial charge on any atom is -0.366 e. The molecule has 0 bridgehead atoms. The summed E-state index contributed by atoms with van der Waals surface area (Å²) in [5.74, 6) is 0.0344. The van der Waals surface area contributed by atoms with Crippen LogP contribution in [0, 0.1) is 5.39 Å². The van der Waals surface area contributed by atoms with Gasteiger partial charge in [-0.25, -0.2) is 0 Å². The zero-order valence-electron chi connectivity index (χ0n) is 5.22. The fourth-order valence-corrected chi connectivity index (χ4v) is 0.869. The number of diazo groups is 1. The second-order valence-electron chi connectivity index (χ2n) is 1.55. The molecule has 0 saturated heterocycles. The van der Waals surface area contributed by atoms with Gasteiger partial charge in [0.05, 0.1) is 0 Å². The van der Waals surface area contributed by atoms with Crippen LogP contribution in [0.3, 0.4) is 0 Å². The largest absolute Gasteiger partial charge is 0.582 e. The lowest BCUT2D eigenvalue weighted by atomic mass is 10.9. The smallest absolute Gasteiger partial charge is 0.366 e. The monoisotopic (exact) mass is 157 g/mol. The second-order valence-corrected chi connectivity index (χ2v) is 2.50. The minimum atomic E-state index is -1.23.